The van der Waals surface area contributed by atoms with Crippen LogP contribution in [0, 0.1) is 0 Å². The van der Waals surface area contributed by atoms with Crippen LogP contribution >= 0.6 is 23.6 Å². The molecule has 28 heavy (non-hydrogen) atoms. The zero-order chi connectivity index (χ0) is 19.9. The van der Waals surface area contributed by atoms with E-state index in [1.807, 2.05) is 30.3 Å². The van der Waals surface area contributed by atoms with Crippen LogP contribution in [0.1, 0.15) is 13.3 Å². The minimum Gasteiger partial charge on any atom is -0.484 e. The molecule has 7 nitrogen and oxygen atoms in total. The second-order valence-corrected chi connectivity index (χ2v) is 7.15. The molecular weight excluding hydrogens is 396 g/mol. The highest BCUT2D eigenvalue weighted by Crippen LogP contribution is 2.28. The maximum Gasteiger partial charge on any atom is 0.264 e. The number of para-hydroxylation sites is 1. The van der Waals surface area contributed by atoms with Crippen molar-refractivity contribution in [2.75, 3.05) is 17.2 Å². The van der Waals surface area contributed by atoms with E-state index in [1.54, 1.807) is 25.1 Å². The van der Waals surface area contributed by atoms with Gasteiger partial charge in [0.05, 0.1) is 10.2 Å². The van der Waals surface area contributed by atoms with Gasteiger partial charge in [0, 0.05) is 12.1 Å². The number of carbonyl (C=O) groups is 2. The van der Waals surface area contributed by atoms with Crippen LogP contribution < -0.4 is 20.7 Å². The normalized spacial score (nSPS) is 10.3. The first-order valence-corrected chi connectivity index (χ1v) is 9.75. The highest BCUT2D eigenvalue weighted by atomic mass is 32.1. The number of amides is 2. The number of nitrogens with one attached hydrogen (secondary N) is 3. The number of rotatable bonds is 6. The van der Waals surface area contributed by atoms with E-state index in [0.29, 0.717) is 23.0 Å². The van der Waals surface area contributed by atoms with Gasteiger partial charge in [-0.15, -0.1) is 0 Å². The van der Waals surface area contributed by atoms with E-state index in [0.717, 1.165) is 10.2 Å². The molecule has 3 rings (SSSR count). The number of nitrogens with zero attached hydrogens (tertiary/aromatic N) is 1. The van der Waals surface area contributed by atoms with Crippen molar-refractivity contribution in [1.82, 2.24) is 10.3 Å². The van der Waals surface area contributed by atoms with Crippen LogP contribution in [0.25, 0.3) is 10.2 Å². The SMILES string of the molecule is CCC(=O)Nc1nc2ccc(NC(=S)NC(=O)COc3ccccc3)cc2s1. The summed E-state index contributed by atoms with van der Waals surface area (Å²) in [7, 11) is 0. The average Bonchev–Trinajstić information content (AvgIpc) is 3.08. The van der Waals surface area contributed by atoms with Gasteiger partial charge in [-0.2, -0.15) is 0 Å². The summed E-state index contributed by atoms with van der Waals surface area (Å²) in [6, 6.07) is 14.5. The minimum atomic E-state index is -0.357. The second kappa shape index (κ2) is 9.25. The van der Waals surface area contributed by atoms with Gasteiger partial charge >= 0.3 is 0 Å². The number of hydrogen-bond donors (Lipinski definition) is 3. The molecule has 0 aliphatic rings. The van der Waals surface area contributed by atoms with E-state index in [9.17, 15) is 9.59 Å². The van der Waals surface area contributed by atoms with Crippen LogP contribution in [0.4, 0.5) is 10.8 Å². The Labute approximate surface area is 171 Å². The molecule has 2 aromatic carbocycles. The Morgan fingerprint density at radius 1 is 1.11 bits per heavy atom. The molecule has 0 saturated heterocycles. The third-order valence-corrected chi connectivity index (χ3v) is 4.72. The number of aromatic nitrogens is 1. The molecule has 0 aliphatic heterocycles. The molecule has 9 heteroatoms. The number of anilines is 2. The summed E-state index contributed by atoms with van der Waals surface area (Å²) in [5.74, 6) is 0.168. The monoisotopic (exact) mass is 414 g/mol. The fourth-order valence-corrected chi connectivity index (χ4v) is 3.41. The Kier molecular flexibility index (Phi) is 6.51. The van der Waals surface area contributed by atoms with E-state index in [2.05, 4.69) is 20.9 Å². The van der Waals surface area contributed by atoms with Crippen molar-refractivity contribution >= 4 is 61.5 Å². The van der Waals surface area contributed by atoms with Gasteiger partial charge in [0.25, 0.3) is 5.91 Å². The van der Waals surface area contributed by atoms with Crippen molar-refractivity contribution in [2.45, 2.75) is 13.3 Å². The van der Waals surface area contributed by atoms with Crippen molar-refractivity contribution < 1.29 is 14.3 Å². The summed E-state index contributed by atoms with van der Waals surface area (Å²) in [6.45, 7) is 1.64. The van der Waals surface area contributed by atoms with Crippen LogP contribution in [0.5, 0.6) is 5.75 Å². The fourth-order valence-electron chi connectivity index (χ4n) is 2.25. The quantitative estimate of drug-likeness (QED) is 0.535. The molecule has 0 fully saturated rings. The second-order valence-electron chi connectivity index (χ2n) is 5.71. The van der Waals surface area contributed by atoms with E-state index in [4.69, 9.17) is 17.0 Å². The molecule has 1 heterocycles. The van der Waals surface area contributed by atoms with Gasteiger partial charge in [0.2, 0.25) is 5.91 Å². The third kappa shape index (κ3) is 5.48. The highest BCUT2D eigenvalue weighted by molar-refractivity contribution is 7.80. The van der Waals surface area contributed by atoms with Crippen LogP contribution in [0.3, 0.4) is 0 Å². The number of hydrogen-bond acceptors (Lipinski definition) is 6. The molecule has 3 aromatic rings. The molecule has 3 N–H and O–H groups in total. The summed E-state index contributed by atoms with van der Waals surface area (Å²) in [5.41, 5.74) is 1.48. The first-order chi connectivity index (χ1) is 13.5. The van der Waals surface area contributed by atoms with Crippen molar-refractivity contribution in [3.63, 3.8) is 0 Å². The van der Waals surface area contributed by atoms with Crippen LogP contribution in [0.2, 0.25) is 0 Å². The standard InChI is InChI=1S/C19H18N4O3S2/c1-2-16(24)23-19-21-14-9-8-12(10-15(14)28-19)20-18(27)22-17(25)11-26-13-6-4-3-5-7-13/h3-10H,2,11H2,1H3,(H,21,23,24)(H2,20,22,25,27). The lowest BCUT2D eigenvalue weighted by Crippen LogP contribution is -2.37. The van der Waals surface area contributed by atoms with Crippen molar-refractivity contribution in [2.24, 2.45) is 0 Å². The Morgan fingerprint density at radius 3 is 2.64 bits per heavy atom. The number of ether oxygens (including phenoxy) is 1. The van der Waals surface area contributed by atoms with Crippen molar-refractivity contribution in [1.29, 1.82) is 0 Å². The molecule has 2 amide bonds. The molecular formula is C19H18N4O3S2. The number of carbonyl (C=O) groups excluding carboxylic acids is 2. The number of thiocarbonyl (C=S) groups is 1. The molecule has 0 unspecified atom stereocenters. The fraction of sp³-hybridized carbons (Fsp3) is 0.158. The van der Waals surface area contributed by atoms with Crippen molar-refractivity contribution in [3.8, 4) is 5.75 Å². The summed E-state index contributed by atoms with van der Waals surface area (Å²) < 4.78 is 6.27. The molecule has 0 radical (unpaired) electrons. The van der Waals surface area contributed by atoms with E-state index in [-0.39, 0.29) is 23.5 Å². The lowest BCUT2D eigenvalue weighted by Gasteiger charge is -2.10. The van der Waals surface area contributed by atoms with Crippen molar-refractivity contribution in [3.05, 3.63) is 48.5 Å². The minimum absolute atomic E-state index is 0.0842. The van der Waals surface area contributed by atoms with E-state index < -0.39 is 0 Å². The Balaban J connectivity index is 1.55. The first kappa shape index (κ1) is 19.7. The summed E-state index contributed by atoms with van der Waals surface area (Å²) in [5, 5.41) is 9.00. The summed E-state index contributed by atoms with van der Waals surface area (Å²) >= 11 is 6.54. The molecule has 0 saturated carbocycles. The van der Waals surface area contributed by atoms with Gasteiger partial charge in [-0.3, -0.25) is 14.9 Å². The van der Waals surface area contributed by atoms with Gasteiger partial charge < -0.3 is 15.4 Å². The maximum absolute atomic E-state index is 12.0. The molecule has 0 spiro atoms. The molecule has 0 bridgehead atoms. The van der Waals surface area contributed by atoms with E-state index in [1.165, 1.54) is 11.3 Å². The van der Waals surface area contributed by atoms with Gasteiger partial charge in [0.15, 0.2) is 16.9 Å². The Hall–Kier alpha value is -3.04. The largest absolute Gasteiger partial charge is 0.484 e. The number of thiazole rings is 1. The number of fused-ring (bicyclic) bond motifs is 1. The zero-order valence-corrected chi connectivity index (χ0v) is 16.7. The van der Waals surface area contributed by atoms with Gasteiger partial charge in [-0.05, 0) is 42.5 Å². The molecule has 0 atom stereocenters. The summed E-state index contributed by atoms with van der Waals surface area (Å²) in [4.78, 5) is 27.8. The Morgan fingerprint density at radius 2 is 1.89 bits per heavy atom. The smallest absolute Gasteiger partial charge is 0.264 e. The van der Waals surface area contributed by atoms with Crippen LogP contribution in [-0.2, 0) is 9.59 Å². The Bertz CT molecular complexity index is 1000. The molecule has 144 valence electrons. The first-order valence-electron chi connectivity index (χ1n) is 8.52. The predicted octanol–water partition coefficient (Wildman–Crippen LogP) is 3.54. The molecule has 1 aromatic heterocycles. The number of benzene rings is 2. The van der Waals surface area contributed by atoms with Gasteiger partial charge in [-0.1, -0.05) is 36.5 Å². The van der Waals surface area contributed by atoms with Gasteiger partial charge in [0.1, 0.15) is 5.75 Å². The topological polar surface area (TPSA) is 92.4 Å². The maximum atomic E-state index is 12.0. The third-order valence-electron chi connectivity index (χ3n) is 3.58. The van der Waals surface area contributed by atoms with E-state index >= 15 is 0 Å². The summed E-state index contributed by atoms with van der Waals surface area (Å²) in [6.07, 6.45) is 0.394. The van der Waals surface area contributed by atoms with Crippen LogP contribution in [0.15, 0.2) is 48.5 Å². The zero-order valence-electron chi connectivity index (χ0n) is 15.0. The average molecular weight is 415 g/mol. The predicted molar refractivity (Wildman–Crippen MR) is 115 cm³/mol. The van der Waals surface area contributed by atoms with Crippen LogP contribution in [-0.4, -0.2) is 28.5 Å². The lowest BCUT2D eigenvalue weighted by molar-refractivity contribution is -0.121. The lowest BCUT2D eigenvalue weighted by atomic mass is 10.3. The van der Waals surface area contributed by atoms with Gasteiger partial charge in [-0.25, -0.2) is 4.98 Å². The molecule has 0 aliphatic carbocycles. The highest BCUT2D eigenvalue weighted by Gasteiger charge is 2.09.